The molecule has 27 heavy (non-hydrogen) atoms. The topological polar surface area (TPSA) is 189 Å². The summed E-state index contributed by atoms with van der Waals surface area (Å²) in [5.41, 5.74) is 10.5. The second kappa shape index (κ2) is 12.5. The van der Waals surface area contributed by atoms with E-state index in [2.05, 4.69) is 20.9 Å². The summed E-state index contributed by atoms with van der Waals surface area (Å²) in [6, 6.07) is -2.85. The fourth-order valence-electron chi connectivity index (χ4n) is 2.22. The van der Waals surface area contributed by atoms with E-state index in [0.29, 0.717) is 25.8 Å². The van der Waals surface area contributed by atoms with E-state index in [1.54, 1.807) is 0 Å². The molecule has 1 unspecified atom stereocenters. The van der Waals surface area contributed by atoms with Gasteiger partial charge in [-0.25, -0.2) is 0 Å². The molecular formula is C16H30N6O5. The van der Waals surface area contributed by atoms with Gasteiger partial charge in [0, 0.05) is 13.5 Å². The van der Waals surface area contributed by atoms with Gasteiger partial charge in [0.2, 0.25) is 17.7 Å². The monoisotopic (exact) mass is 386 g/mol. The molecule has 0 radical (unpaired) electrons. The largest absolute Gasteiger partial charge is 0.480 e. The average Bonchev–Trinajstić information content (AvgIpc) is 2.56. The van der Waals surface area contributed by atoms with Crippen molar-refractivity contribution in [3.05, 3.63) is 0 Å². The van der Waals surface area contributed by atoms with Crippen molar-refractivity contribution in [1.82, 2.24) is 16.0 Å². The van der Waals surface area contributed by atoms with Gasteiger partial charge in [-0.15, -0.1) is 0 Å². The Morgan fingerprint density at radius 3 is 2.04 bits per heavy atom. The molecule has 0 spiro atoms. The van der Waals surface area contributed by atoms with Crippen molar-refractivity contribution < 1.29 is 24.3 Å². The van der Waals surface area contributed by atoms with E-state index in [4.69, 9.17) is 16.6 Å². The van der Waals surface area contributed by atoms with E-state index in [1.807, 2.05) is 6.92 Å². The number of carbonyl (C=O) groups excluding carboxylic acids is 3. The third kappa shape index (κ3) is 10.7. The SMILES string of the molecule is CCCC(NC(=O)[C@H](CCCN=C(N)N)NC(C)=O)C(=O)N[C@@H](C)C(=O)O. The minimum Gasteiger partial charge on any atom is -0.480 e. The number of amides is 3. The first-order valence-corrected chi connectivity index (χ1v) is 8.74. The Labute approximate surface area is 158 Å². The molecule has 8 N–H and O–H groups in total. The maximum Gasteiger partial charge on any atom is 0.325 e. The van der Waals surface area contributed by atoms with Crippen molar-refractivity contribution >= 4 is 29.7 Å². The molecule has 3 amide bonds. The minimum atomic E-state index is -1.18. The van der Waals surface area contributed by atoms with Crippen LogP contribution in [0.3, 0.4) is 0 Å². The Hall–Kier alpha value is -2.85. The molecule has 0 bridgehead atoms. The lowest BCUT2D eigenvalue weighted by atomic mass is 10.1. The van der Waals surface area contributed by atoms with E-state index in [1.165, 1.54) is 13.8 Å². The van der Waals surface area contributed by atoms with Gasteiger partial charge in [-0.05, 0) is 26.2 Å². The normalized spacial score (nSPS) is 13.6. The third-order valence-electron chi connectivity index (χ3n) is 3.58. The van der Waals surface area contributed by atoms with Crippen LogP contribution >= 0.6 is 0 Å². The van der Waals surface area contributed by atoms with Crippen molar-refractivity contribution in [3.8, 4) is 0 Å². The van der Waals surface area contributed by atoms with Crippen LogP contribution in [0.25, 0.3) is 0 Å². The molecule has 0 aromatic carbocycles. The van der Waals surface area contributed by atoms with Gasteiger partial charge in [0.15, 0.2) is 5.96 Å². The summed E-state index contributed by atoms with van der Waals surface area (Å²) in [4.78, 5) is 50.8. The van der Waals surface area contributed by atoms with Gasteiger partial charge in [0.1, 0.15) is 18.1 Å². The molecule has 3 atom stereocenters. The van der Waals surface area contributed by atoms with Gasteiger partial charge in [-0.3, -0.25) is 24.2 Å². The Bertz CT molecular complexity index is 562. The second-order valence-electron chi connectivity index (χ2n) is 6.12. The lowest BCUT2D eigenvalue weighted by molar-refractivity contribution is -0.141. The number of nitrogens with one attached hydrogen (secondary N) is 3. The molecule has 154 valence electrons. The van der Waals surface area contributed by atoms with Crippen molar-refractivity contribution in [3.63, 3.8) is 0 Å². The van der Waals surface area contributed by atoms with Crippen LogP contribution in [-0.4, -0.2) is 59.4 Å². The summed E-state index contributed by atoms with van der Waals surface area (Å²) in [6.07, 6.45) is 1.63. The highest BCUT2D eigenvalue weighted by atomic mass is 16.4. The molecular weight excluding hydrogens is 356 g/mol. The molecule has 0 aliphatic carbocycles. The van der Waals surface area contributed by atoms with E-state index in [9.17, 15) is 19.2 Å². The predicted molar refractivity (Wildman–Crippen MR) is 99.6 cm³/mol. The lowest BCUT2D eigenvalue weighted by Crippen LogP contribution is -2.55. The van der Waals surface area contributed by atoms with Crippen LogP contribution in [0.4, 0.5) is 0 Å². The lowest BCUT2D eigenvalue weighted by Gasteiger charge is -2.23. The molecule has 0 saturated heterocycles. The number of rotatable bonds is 12. The fraction of sp³-hybridized carbons (Fsp3) is 0.688. The van der Waals surface area contributed by atoms with E-state index in [-0.39, 0.29) is 12.4 Å². The summed E-state index contributed by atoms with van der Waals surface area (Å²) in [5.74, 6) is -2.77. The molecule has 0 saturated carbocycles. The summed E-state index contributed by atoms with van der Waals surface area (Å²) >= 11 is 0. The van der Waals surface area contributed by atoms with Crippen LogP contribution in [0.15, 0.2) is 4.99 Å². The standard InChI is InChI=1S/C16H30N6O5/c1-4-6-11(13(24)20-9(2)15(26)27)22-14(25)12(21-10(3)23)7-5-8-19-16(17)18/h9,11-12H,4-8H2,1-3H3,(H,20,24)(H,21,23)(H,22,25)(H,26,27)(H4,17,18,19)/t9-,11?,12-/m0/s1. The van der Waals surface area contributed by atoms with Crippen LogP contribution < -0.4 is 27.4 Å². The first kappa shape index (κ1) is 24.1. The maximum absolute atomic E-state index is 12.5. The van der Waals surface area contributed by atoms with Crippen LogP contribution in [0.5, 0.6) is 0 Å². The van der Waals surface area contributed by atoms with Crippen molar-refractivity contribution in [2.24, 2.45) is 16.5 Å². The van der Waals surface area contributed by atoms with E-state index < -0.39 is 41.8 Å². The molecule has 0 heterocycles. The number of carbonyl (C=O) groups is 4. The van der Waals surface area contributed by atoms with E-state index >= 15 is 0 Å². The van der Waals surface area contributed by atoms with E-state index in [0.717, 1.165) is 0 Å². The zero-order chi connectivity index (χ0) is 21.0. The highest BCUT2D eigenvalue weighted by molar-refractivity contribution is 5.93. The molecule has 0 aromatic heterocycles. The molecule has 0 rings (SSSR count). The second-order valence-corrected chi connectivity index (χ2v) is 6.12. The van der Waals surface area contributed by atoms with Gasteiger partial charge < -0.3 is 32.5 Å². The molecule has 0 fully saturated rings. The van der Waals surface area contributed by atoms with Gasteiger partial charge in [0.05, 0.1) is 0 Å². The Balaban J connectivity index is 4.97. The first-order valence-electron chi connectivity index (χ1n) is 8.74. The predicted octanol–water partition coefficient (Wildman–Crippen LogP) is -1.58. The van der Waals surface area contributed by atoms with Gasteiger partial charge >= 0.3 is 5.97 Å². The third-order valence-corrected chi connectivity index (χ3v) is 3.58. The number of aliphatic imine (C=N–C) groups is 1. The van der Waals surface area contributed by atoms with Gasteiger partial charge in [-0.1, -0.05) is 13.3 Å². The fourth-order valence-corrected chi connectivity index (χ4v) is 2.22. The molecule has 0 aliphatic heterocycles. The van der Waals surface area contributed by atoms with Gasteiger partial charge in [0.25, 0.3) is 0 Å². The summed E-state index contributed by atoms with van der Waals surface area (Å²) in [6.45, 7) is 4.73. The molecule has 0 aromatic rings. The molecule has 0 aliphatic rings. The summed E-state index contributed by atoms with van der Waals surface area (Å²) < 4.78 is 0. The van der Waals surface area contributed by atoms with Crippen LogP contribution in [0, 0.1) is 0 Å². The smallest absolute Gasteiger partial charge is 0.325 e. The first-order chi connectivity index (χ1) is 12.6. The Morgan fingerprint density at radius 2 is 1.56 bits per heavy atom. The van der Waals surface area contributed by atoms with Crippen LogP contribution in [0.2, 0.25) is 0 Å². The number of hydrogen-bond donors (Lipinski definition) is 6. The quantitative estimate of drug-likeness (QED) is 0.132. The number of carboxylic acid groups (broad SMARTS) is 1. The summed E-state index contributed by atoms with van der Waals surface area (Å²) in [7, 11) is 0. The number of hydrogen-bond acceptors (Lipinski definition) is 5. The van der Waals surface area contributed by atoms with Crippen molar-refractivity contribution in [1.29, 1.82) is 0 Å². The number of guanidine groups is 1. The van der Waals surface area contributed by atoms with Crippen molar-refractivity contribution in [2.75, 3.05) is 6.54 Å². The molecule has 11 heteroatoms. The van der Waals surface area contributed by atoms with Crippen molar-refractivity contribution in [2.45, 2.75) is 64.6 Å². The Morgan fingerprint density at radius 1 is 1.00 bits per heavy atom. The Kier molecular flexibility index (Phi) is 11.2. The van der Waals surface area contributed by atoms with Crippen LogP contribution in [-0.2, 0) is 19.2 Å². The number of nitrogens with zero attached hydrogens (tertiary/aromatic N) is 1. The summed E-state index contributed by atoms with van der Waals surface area (Å²) in [5, 5.41) is 16.3. The van der Waals surface area contributed by atoms with Crippen LogP contribution in [0.1, 0.15) is 46.5 Å². The minimum absolute atomic E-state index is 0.0669. The number of aliphatic carboxylic acids is 1. The highest BCUT2D eigenvalue weighted by Crippen LogP contribution is 2.03. The number of nitrogens with two attached hydrogens (primary N) is 2. The zero-order valence-corrected chi connectivity index (χ0v) is 15.9. The molecule has 11 nitrogen and oxygen atoms in total. The number of carboxylic acids is 1. The average molecular weight is 386 g/mol. The van der Waals surface area contributed by atoms with Gasteiger partial charge in [-0.2, -0.15) is 0 Å². The zero-order valence-electron chi connectivity index (χ0n) is 15.9. The maximum atomic E-state index is 12.5. The highest BCUT2D eigenvalue weighted by Gasteiger charge is 2.27.